The van der Waals surface area contributed by atoms with Crippen LogP contribution in [0.4, 0.5) is 5.69 Å². The van der Waals surface area contributed by atoms with E-state index in [0.717, 1.165) is 6.42 Å². The number of rotatable bonds is 7. The molecule has 0 aliphatic heterocycles. The topological polar surface area (TPSA) is 38.0 Å². The van der Waals surface area contributed by atoms with Crippen LogP contribution in [0.5, 0.6) is 0 Å². The molecular formula is C15H26N2. The molecule has 0 bridgehead atoms. The Balaban J connectivity index is 2.54. The summed E-state index contributed by atoms with van der Waals surface area (Å²) in [5.74, 6) is 0. The fourth-order valence-corrected chi connectivity index (χ4v) is 2.07. The Labute approximate surface area is 106 Å². The van der Waals surface area contributed by atoms with E-state index < -0.39 is 0 Å². The van der Waals surface area contributed by atoms with Gasteiger partial charge in [-0.05, 0) is 43.9 Å². The van der Waals surface area contributed by atoms with E-state index >= 15 is 0 Å². The van der Waals surface area contributed by atoms with Crippen LogP contribution in [0.15, 0.2) is 24.3 Å². The minimum Gasteiger partial charge on any atom is -0.382 e. The molecule has 17 heavy (non-hydrogen) atoms. The van der Waals surface area contributed by atoms with Gasteiger partial charge in [-0.1, -0.05) is 32.4 Å². The SMILES string of the molecule is CCCC(CC)Nc1ccc(CC(C)N)cc1. The van der Waals surface area contributed by atoms with Gasteiger partial charge in [-0.25, -0.2) is 0 Å². The molecule has 1 aromatic carbocycles. The monoisotopic (exact) mass is 234 g/mol. The Kier molecular flexibility index (Phi) is 6.06. The van der Waals surface area contributed by atoms with Gasteiger partial charge in [0.25, 0.3) is 0 Å². The van der Waals surface area contributed by atoms with Crippen LogP contribution in [0.25, 0.3) is 0 Å². The van der Waals surface area contributed by atoms with Gasteiger partial charge in [-0.2, -0.15) is 0 Å². The van der Waals surface area contributed by atoms with Crippen molar-refractivity contribution >= 4 is 5.69 Å². The number of hydrogen-bond acceptors (Lipinski definition) is 2. The van der Waals surface area contributed by atoms with E-state index in [1.165, 1.54) is 30.5 Å². The smallest absolute Gasteiger partial charge is 0.0342 e. The molecule has 0 aromatic heterocycles. The molecule has 1 aromatic rings. The van der Waals surface area contributed by atoms with Gasteiger partial charge in [0.05, 0.1) is 0 Å². The Morgan fingerprint density at radius 2 is 1.82 bits per heavy atom. The average molecular weight is 234 g/mol. The summed E-state index contributed by atoms with van der Waals surface area (Å²) in [5.41, 5.74) is 8.32. The summed E-state index contributed by atoms with van der Waals surface area (Å²) in [4.78, 5) is 0. The maximum Gasteiger partial charge on any atom is 0.0342 e. The van der Waals surface area contributed by atoms with Crippen molar-refractivity contribution in [2.75, 3.05) is 5.32 Å². The van der Waals surface area contributed by atoms with E-state index in [2.05, 4.69) is 43.4 Å². The first-order valence-electron chi connectivity index (χ1n) is 6.76. The molecule has 0 fully saturated rings. The van der Waals surface area contributed by atoms with Crippen LogP contribution in [0.2, 0.25) is 0 Å². The number of nitrogens with one attached hydrogen (secondary N) is 1. The van der Waals surface area contributed by atoms with Gasteiger partial charge in [-0.15, -0.1) is 0 Å². The summed E-state index contributed by atoms with van der Waals surface area (Å²) in [7, 11) is 0. The van der Waals surface area contributed by atoms with Crippen molar-refractivity contribution in [1.29, 1.82) is 0 Å². The first kappa shape index (κ1) is 14.0. The third-order valence-electron chi connectivity index (χ3n) is 3.01. The minimum atomic E-state index is 0.234. The van der Waals surface area contributed by atoms with E-state index in [9.17, 15) is 0 Å². The molecule has 0 heterocycles. The van der Waals surface area contributed by atoms with Gasteiger partial charge in [0.2, 0.25) is 0 Å². The third kappa shape index (κ3) is 5.22. The highest BCUT2D eigenvalue weighted by Gasteiger charge is 2.04. The van der Waals surface area contributed by atoms with Crippen molar-refractivity contribution in [3.05, 3.63) is 29.8 Å². The molecule has 0 aliphatic rings. The zero-order chi connectivity index (χ0) is 12.7. The highest BCUT2D eigenvalue weighted by Crippen LogP contribution is 2.14. The molecule has 2 nitrogen and oxygen atoms in total. The zero-order valence-electron chi connectivity index (χ0n) is 11.4. The molecule has 3 N–H and O–H groups in total. The Hall–Kier alpha value is -1.02. The van der Waals surface area contributed by atoms with Crippen LogP contribution in [-0.2, 0) is 6.42 Å². The molecule has 1 rings (SSSR count). The molecule has 0 spiro atoms. The fraction of sp³-hybridized carbons (Fsp3) is 0.600. The third-order valence-corrected chi connectivity index (χ3v) is 3.01. The number of benzene rings is 1. The van der Waals surface area contributed by atoms with Gasteiger partial charge in [0.1, 0.15) is 0 Å². The molecule has 2 unspecified atom stereocenters. The summed E-state index contributed by atoms with van der Waals surface area (Å²) in [6.45, 7) is 6.51. The van der Waals surface area contributed by atoms with E-state index in [1.807, 2.05) is 6.92 Å². The lowest BCUT2D eigenvalue weighted by atomic mass is 10.1. The Bertz CT molecular complexity index is 303. The van der Waals surface area contributed by atoms with Crippen molar-refractivity contribution in [1.82, 2.24) is 0 Å². The van der Waals surface area contributed by atoms with Gasteiger partial charge >= 0.3 is 0 Å². The van der Waals surface area contributed by atoms with Crippen molar-refractivity contribution in [3.8, 4) is 0 Å². The average Bonchev–Trinajstić information content (AvgIpc) is 2.30. The summed E-state index contributed by atoms with van der Waals surface area (Å²) in [5, 5.41) is 3.58. The molecule has 0 amide bonds. The summed E-state index contributed by atoms with van der Waals surface area (Å²) in [6.07, 6.45) is 4.59. The van der Waals surface area contributed by atoms with Gasteiger partial charge in [0.15, 0.2) is 0 Å². The van der Waals surface area contributed by atoms with E-state index in [4.69, 9.17) is 5.73 Å². The lowest BCUT2D eigenvalue weighted by Gasteiger charge is -2.17. The highest BCUT2D eigenvalue weighted by molar-refractivity contribution is 5.45. The maximum atomic E-state index is 5.79. The van der Waals surface area contributed by atoms with Crippen molar-refractivity contribution in [2.24, 2.45) is 5.73 Å². The van der Waals surface area contributed by atoms with Gasteiger partial charge in [-0.3, -0.25) is 0 Å². The van der Waals surface area contributed by atoms with Crippen molar-refractivity contribution < 1.29 is 0 Å². The quantitative estimate of drug-likeness (QED) is 0.757. The first-order chi connectivity index (χ1) is 8.15. The minimum absolute atomic E-state index is 0.234. The maximum absolute atomic E-state index is 5.79. The predicted octanol–water partition coefficient (Wildman–Crippen LogP) is 3.57. The van der Waals surface area contributed by atoms with Crippen LogP contribution in [0.1, 0.15) is 45.6 Å². The lowest BCUT2D eigenvalue weighted by molar-refractivity contribution is 0.623. The Morgan fingerprint density at radius 1 is 1.18 bits per heavy atom. The second-order valence-corrected chi connectivity index (χ2v) is 4.92. The predicted molar refractivity (Wildman–Crippen MR) is 76.4 cm³/mol. The Morgan fingerprint density at radius 3 is 2.29 bits per heavy atom. The van der Waals surface area contributed by atoms with Crippen LogP contribution in [0.3, 0.4) is 0 Å². The van der Waals surface area contributed by atoms with E-state index in [-0.39, 0.29) is 6.04 Å². The second-order valence-electron chi connectivity index (χ2n) is 4.92. The van der Waals surface area contributed by atoms with E-state index in [1.54, 1.807) is 0 Å². The molecule has 2 atom stereocenters. The summed E-state index contributed by atoms with van der Waals surface area (Å²) >= 11 is 0. The second kappa shape index (κ2) is 7.33. The summed E-state index contributed by atoms with van der Waals surface area (Å²) in [6, 6.07) is 9.50. The van der Waals surface area contributed by atoms with Crippen LogP contribution in [0, 0.1) is 0 Å². The van der Waals surface area contributed by atoms with Crippen molar-refractivity contribution in [2.45, 2.75) is 58.5 Å². The van der Waals surface area contributed by atoms with Crippen LogP contribution < -0.4 is 11.1 Å². The zero-order valence-corrected chi connectivity index (χ0v) is 11.4. The molecule has 0 saturated carbocycles. The van der Waals surface area contributed by atoms with E-state index in [0.29, 0.717) is 6.04 Å². The molecule has 0 aliphatic carbocycles. The molecule has 0 saturated heterocycles. The first-order valence-corrected chi connectivity index (χ1v) is 6.76. The van der Waals surface area contributed by atoms with Crippen LogP contribution >= 0.6 is 0 Å². The van der Waals surface area contributed by atoms with Gasteiger partial charge < -0.3 is 11.1 Å². The molecule has 2 heteroatoms. The molecular weight excluding hydrogens is 208 g/mol. The standard InChI is InChI=1S/C15H26N2/c1-4-6-14(5-2)17-15-9-7-13(8-10-15)11-12(3)16/h7-10,12,14,17H,4-6,11,16H2,1-3H3. The molecule has 0 radical (unpaired) electrons. The fourth-order valence-electron chi connectivity index (χ4n) is 2.07. The summed E-state index contributed by atoms with van der Waals surface area (Å²) < 4.78 is 0. The molecule has 96 valence electrons. The highest BCUT2D eigenvalue weighted by atomic mass is 14.9. The number of nitrogens with two attached hydrogens (primary N) is 1. The normalized spacial score (nSPS) is 14.4. The lowest BCUT2D eigenvalue weighted by Crippen LogP contribution is -2.19. The van der Waals surface area contributed by atoms with Crippen LogP contribution in [-0.4, -0.2) is 12.1 Å². The number of anilines is 1. The number of hydrogen-bond donors (Lipinski definition) is 2. The van der Waals surface area contributed by atoms with Crippen molar-refractivity contribution in [3.63, 3.8) is 0 Å². The largest absolute Gasteiger partial charge is 0.382 e. The van der Waals surface area contributed by atoms with Gasteiger partial charge in [0, 0.05) is 17.8 Å².